The molecule has 0 spiro atoms. The summed E-state index contributed by atoms with van der Waals surface area (Å²) in [5.74, 6) is 0.678. The molecular weight excluding hydrogens is 496 g/mol. The third-order valence-corrected chi connectivity index (χ3v) is 7.55. The molecule has 0 bridgehead atoms. The summed E-state index contributed by atoms with van der Waals surface area (Å²) >= 11 is 6.35. The first-order chi connectivity index (χ1) is 17.9. The number of nitrogens with one attached hydrogen (secondary N) is 3. The number of halogens is 1. The highest BCUT2D eigenvalue weighted by Crippen LogP contribution is 2.35. The minimum absolute atomic E-state index is 0.0223. The van der Waals surface area contributed by atoms with Crippen LogP contribution in [0.25, 0.3) is 0 Å². The van der Waals surface area contributed by atoms with Gasteiger partial charge in [-0.2, -0.15) is 0 Å². The van der Waals surface area contributed by atoms with Crippen LogP contribution in [0.15, 0.2) is 18.2 Å². The maximum absolute atomic E-state index is 13.4. The molecule has 2 aliphatic rings. The van der Waals surface area contributed by atoms with Gasteiger partial charge in [0.2, 0.25) is 0 Å². The number of hydrogen-bond acceptors (Lipinski definition) is 6. The van der Waals surface area contributed by atoms with Crippen molar-refractivity contribution in [3.8, 4) is 0 Å². The number of piperidine rings is 1. The molecule has 9 nitrogen and oxygen atoms in total. The van der Waals surface area contributed by atoms with E-state index in [1.807, 2.05) is 37.1 Å². The molecule has 2 fully saturated rings. The molecule has 2 heterocycles. The van der Waals surface area contributed by atoms with Gasteiger partial charge in [0, 0.05) is 56.4 Å². The number of hydrogen-bond donors (Lipinski definition) is 3. The zero-order chi connectivity index (χ0) is 26.6. The fraction of sp³-hybridized carbons (Fsp3) is 0.704. The van der Waals surface area contributed by atoms with Gasteiger partial charge < -0.3 is 35.1 Å². The number of urea groups is 1. The van der Waals surface area contributed by atoms with Crippen molar-refractivity contribution in [2.45, 2.75) is 51.2 Å². The van der Waals surface area contributed by atoms with Crippen molar-refractivity contribution < 1.29 is 23.8 Å². The lowest BCUT2D eigenvalue weighted by Crippen LogP contribution is -2.52. The number of ether oxygens (including phenoxy) is 3. The topological polar surface area (TPSA) is 101 Å². The molecule has 0 aliphatic carbocycles. The van der Waals surface area contributed by atoms with Crippen LogP contribution in [0.5, 0.6) is 0 Å². The van der Waals surface area contributed by atoms with Crippen LogP contribution < -0.4 is 16.0 Å². The number of carbonyl (C=O) groups excluding carboxylic acids is 2. The molecule has 0 saturated carbocycles. The lowest BCUT2D eigenvalue weighted by atomic mass is 9.86. The van der Waals surface area contributed by atoms with Crippen molar-refractivity contribution in [3.05, 3.63) is 34.3 Å². The van der Waals surface area contributed by atoms with Gasteiger partial charge in [0.05, 0.1) is 19.8 Å². The van der Waals surface area contributed by atoms with Crippen LogP contribution in [0, 0.1) is 18.8 Å². The van der Waals surface area contributed by atoms with E-state index in [2.05, 4.69) is 20.7 Å². The molecule has 208 valence electrons. The quantitative estimate of drug-likeness (QED) is 0.370. The molecule has 3 N–H and O–H groups in total. The Hall–Kier alpha value is -2.07. The highest BCUT2D eigenvalue weighted by atomic mass is 35.5. The normalized spacial score (nSPS) is 20.2. The first kappa shape index (κ1) is 29.5. The Morgan fingerprint density at radius 1 is 1.24 bits per heavy atom. The molecule has 1 aromatic rings. The fourth-order valence-electron chi connectivity index (χ4n) is 5.34. The van der Waals surface area contributed by atoms with Gasteiger partial charge in [-0.1, -0.05) is 17.7 Å². The Morgan fingerprint density at radius 3 is 2.76 bits per heavy atom. The molecule has 10 heteroatoms. The second-order valence-electron chi connectivity index (χ2n) is 10.1. The Balaban J connectivity index is 1.66. The highest BCUT2D eigenvalue weighted by molar-refractivity contribution is 6.30. The summed E-state index contributed by atoms with van der Waals surface area (Å²) in [5.41, 5.74) is 2.10. The van der Waals surface area contributed by atoms with Crippen molar-refractivity contribution in [1.29, 1.82) is 0 Å². The minimum Gasteiger partial charge on any atom is -0.453 e. The van der Waals surface area contributed by atoms with E-state index in [1.165, 1.54) is 7.11 Å². The van der Waals surface area contributed by atoms with Gasteiger partial charge in [-0.3, -0.25) is 0 Å². The fourth-order valence-corrected chi connectivity index (χ4v) is 5.52. The molecule has 2 aliphatic heterocycles. The zero-order valence-corrected chi connectivity index (χ0v) is 23.1. The Morgan fingerprint density at radius 2 is 2.03 bits per heavy atom. The van der Waals surface area contributed by atoms with E-state index < -0.39 is 6.09 Å². The maximum atomic E-state index is 13.4. The average molecular weight is 539 g/mol. The van der Waals surface area contributed by atoms with Gasteiger partial charge in [-0.25, -0.2) is 9.59 Å². The third-order valence-electron chi connectivity index (χ3n) is 7.31. The number of alkyl carbamates (subject to hydrolysis) is 1. The maximum Gasteiger partial charge on any atom is 0.406 e. The number of aryl methyl sites for hydroxylation is 1. The predicted octanol–water partition coefficient (Wildman–Crippen LogP) is 3.89. The number of rotatable bonds is 11. The molecule has 2 saturated heterocycles. The second kappa shape index (κ2) is 15.4. The standard InChI is InChI=1S/C27H43ClN4O5/c1-19-6-7-22(28)16-24(19)25(37-14-10-30-27(34)35-3)21-5-4-11-32(18-21)26(33)31-23(17-29-2)15-20-8-12-36-13-9-20/h6-7,16,20-21,23,25,29H,4-5,8-15,17-18H2,1-3H3,(H,30,34)(H,31,33)/t21-,23+,25?/m1/s1. The molecule has 3 atom stereocenters. The van der Waals surface area contributed by atoms with E-state index in [0.717, 1.165) is 69.5 Å². The van der Waals surface area contributed by atoms with Crippen molar-refractivity contribution in [2.24, 2.45) is 11.8 Å². The number of nitrogens with zero attached hydrogens (tertiary/aromatic N) is 1. The second-order valence-corrected chi connectivity index (χ2v) is 10.5. The van der Waals surface area contributed by atoms with Gasteiger partial charge in [-0.05, 0) is 75.3 Å². The molecular formula is C27H43ClN4O5. The molecule has 1 unspecified atom stereocenters. The van der Waals surface area contributed by atoms with E-state index in [0.29, 0.717) is 30.6 Å². The van der Waals surface area contributed by atoms with Gasteiger partial charge in [0.15, 0.2) is 0 Å². The molecule has 0 radical (unpaired) electrons. The smallest absolute Gasteiger partial charge is 0.406 e. The molecule has 1 aromatic carbocycles. The van der Waals surface area contributed by atoms with Crippen LogP contribution in [0.4, 0.5) is 9.59 Å². The summed E-state index contributed by atoms with van der Waals surface area (Å²) in [6, 6.07) is 5.87. The lowest BCUT2D eigenvalue weighted by molar-refractivity contribution is -0.00903. The number of carbonyl (C=O) groups is 2. The van der Waals surface area contributed by atoms with E-state index in [1.54, 1.807) is 0 Å². The average Bonchev–Trinajstić information content (AvgIpc) is 2.91. The van der Waals surface area contributed by atoms with Crippen LogP contribution in [0.2, 0.25) is 5.02 Å². The highest BCUT2D eigenvalue weighted by Gasteiger charge is 2.33. The first-order valence-corrected chi connectivity index (χ1v) is 13.8. The van der Waals surface area contributed by atoms with Crippen molar-refractivity contribution in [3.63, 3.8) is 0 Å². The molecule has 37 heavy (non-hydrogen) atoms. The van der Waals surface area contributed by atoms with Crippen LogP contribution in [0.1, 0.15) is 49.3 Å². The first-order valence-electron chi connectivity index (χ1n) is 13.4. The number of likely N-dealkylation sites (tertiary alicyclic amines) is 1. The molecule has 3 amide bonds. The van der Waals surface area contributed by atoms with E-state index in [-0.39, 0.29) is 24.1 Å². The van der Waals surface area contributed by atoms with Gasteiger partial charge in [-0.15, -0.1) is 0 Å². The summed E-state index contributed by atoms with van der Waals surface area (Å²) in [6.07, 6.45) is 4.14. The Kier molecular flexibility index (Phi) is 12.2. The largest absolute Gasteiger partial charge is 0.453 e. The zero-order valence-electron chi connectivity index (χ0n) is 22.4. The van der Waals surface area contributed by atoms with Crippen LogP contribution in [0.3, 0.4) is 0 Å². The van der Waals surface area contributed by atoms with E-state index in [9.17, 15) is 9.59 Å². The Bertz CT molecular complexity index is 867. The van der Waals surface area contributed by atoms with Gasteiger partial charge >= 0.3 is 12.1 Å². The number of likely N-dealkylation sites (N-methyl/N-ethyl adjacent to an activating group) is 1. The molecule has 3 rings (SSSR count). The monoisotopic (exact) mass is 538 g/mol. The summed E-state index contributed by atoms with van der Waals surface area (Å²) in [7, 11) is 3.26. The van der Waals surface area contributed by atoms with Crippen molar-refractivity contribution in [2.75, 3.05) is 60.2 Å². The predicted molar refractivity (Wildman–Crippen MR) is 144 cm³/mol. The van der Waals surface area contributed by atoms with Crippen LogP contribution in [-0.2, 0) is 14.2 Å². The van der Waals surface area contributed by atoms with Crippen molar-refractivity contribution in [1.82, 2.24) is 20.9 Å². The lowest BCUT2D eigenvalue weighted by Gasteiger charge is -2.38. The SMILES string of the molecule is CNC[C@H](CC1CCOCC1)NC(=O)N1CCC[C@@H](C(OCCNC(=O)OC)c2cc(Cl)ccc2C)C1. The summed E-state index contributed by atoms with van der Waals surface area (Å²) < 4.78 is 16.5. The third kappa shape index (κ3) is 9.32. The number of methoxy groups -OCH3 is 1. The Labute approximate surface area is 225 Å². The van der Waals surface area contributed by atoms with Gasteiger partial charge in [0.1, 0.15) is 0 Å². The summed E-state index contributed by atoms with van der Waals surface area (Å²) in [5, 5.41) is 9.83. The van der Waals surface area contributed by atoms with Crippen molar-refractivity contribution >= 4 is 23.7 Å². The number of amides is 3. The summed E-state index contributed by atoms with van der Waals surface area (Å²) in [4.78, 5) is 26.7. The van der Waals surface area contributed by atoms with Gasteiger partial charge in [0.25, 0.3) is 0 Å². The van der Waals surface area contributed by atoms with Crippen LogP contribution >= 0.6 is 11.6 Å². The molecule has 0 aromatic heterocycles. The minimum atomic E-state index is -0.489. The number of benzene rings is 1. The summed E-state index contributed by atoms with van der Waals surface area (Å²) in [6.45, 7) is 6.35. The van der Waals surface area contributed by atoms with Crippen LogP contribution in [-0.4, -0.2) is 83.2 Å². The van der Waals surface area contributed by atoms with E-state index in [4.69, 9.17) is 21.1 Å². The van der Waals surface area contributed by atoms with E-state index >= 15 is 0 Å².